The highest BCUT2D eigenvalue weighted by Crippen LogP contribution is 2.36. The van der Waals surface area contributed by atoms with E-state index in [2.05, 4.69) is 5.32 Å². The van der Waals surface area contributed by atoms with Gasteiger partial charge in [0.1, 0.15) is 11.5 Å². The second-order valence-corrected chi connectivity index (χ2v) is 9.04. The van der Waals surface area contributed by atoms with Gasteiger partial charge in [-0.1, -0.05) is 24.9 Å². The molecule has 1 N–H and O–H groups in total. The summed E-state index contributed by atoms with van der Waals surface area (Å²) >= 11 is 6.09. The number of sulfonamides is 1. The molecule has 0 spiro atoms. The zero-order chi connectivity index (χ0) is 20.0. The Hall–Kier alpha value is -1.51. The molecule has 1 amide bonds. The molecule has 1 aromatic rings. The minimum absolute atomic E-state index is 0.125. The standard InChI is InChI=1S/C18H27ClN2O5S/c1-4-5-9-27(23,24)21-8-6-7-13(12-21)18(22)20-15-11-16(25-2)14(19)10-17(15)26-3/h10-11,13H,4-9,12H2,1-3H3,(H,20,22)/t13-/m0/s1. The molecule has 2 rings (SSSR count). The first kappa shape index (κ1) is 21.8. The van der Waals surface area contributed by atoms with Crippen molar-refractivity contribution in [1.82, 2.24) is 4.31 Å². The first-order chi connectivity index (χ1) is 12.8. The number of hydrogen-bond donors (Lipinski definition) is 1. The predicted octanol–water partition coefficient (Wildman–Crippen LogP) is 3.14. The number of rotatable bonds is 8. The number of nitrogens with one attached hydrogen (secondary N) is 1. The van der Waals surface area contributed by atoms with Crippen LogP contribution in [0, 0.1) is 5.92 Å². The van der Waals surface area contributed by atoms with Crippen LogP contribution < -0.4 is 14.8 Å². The number of carbonyl (C=O) groups excluding carboxylic acids is 1. The zero-order valence-electron chi connectivity index (χ0n) is 16.0. The Morgan fingerprint density at radius 1 is 1.30 bits per heavy atom. The predicted molar refractivity (Wildman–Crippen MR) is 106 cm³/mol. The van der Waals surface area contributed by atoms with Crippen molar-refractivity contribution < 1.29 is 22.7 Å². The topological polar surface area (TPSA) is 84.9 Å². The average molecular weight is 419 g/mol. The Labute approximate surface area is 166 Å². The van der Waals surface area contributed by atoms with Crippen LogP contribution in [-0.4, -0.2) is 51.7 Å². The molecule has 0 unspecified atom stereocenters. The lowest BCUT2D eigenvalue weighted by molar-refractivity contribution is -0.120. The lowest BCUT2D eigenvalue weighted by Crippen LogP contribution is -2.44. The summed E-state index contributed by atoms with van der Waals surface area (Å²) in [7, 11) is -0.355. The Bertz CT molecular complexity index is 769. The molecule has 0 aromatic heterocycles. The largest absolute Gasteiger partial charge is 0.495 e. The first-order valence-corrected chi connectivity index (χ1v) is 11.0. The fourth-order valence-electron chi connectivity index (χ4n) is 3.06. The summed E-state index contributed by atoms with van der Waals surface area (Å²) in [5.74, 6) is 0.298. The molecule has 0 bridgehead atoms. The highest BCUT2D eigenvalue weighted by atomic mass is 35.5. The number of carbonyl (C=O) groups is 1. The molecule has 1 aliphatic rings. The third-order valence-electron chi connectivity index (χ3n) is 4.64. The summed E-state index contributed by atoms with van der Waals surface area (Å²) < 4.78 is 36.8. The van der Waals surface area contributed by atoms with E-state index >= 15 is 0 Å². The highest BCUT2D eigenvalue weighted by Gasteiger charge is 2.32. The van der Waals surface area contributed by atoms with E-state index in [1.165, 1.54) is 18.5 Å². The fourth-order valence-corrected chi connectivity index (χ4v) is 5.01. The van der Waals surface area contributed by atoms with Gasteiger partial charge < -0.3 is 14.8 Å². The molecular formula is C18H27ClN2O5S. The molecular weight excluding hydrogens is 392 g/mol. The SMILES string of the molecule is CCCCS(=O)(=O)N1CCC[C@H](C(=O)Nc2cc(OC)c(Cl)cc2OC)C1. The molecule has 1 fully saturated rings. The number of benzene rings is 1. The molecule has 9 heteroatoms. The van der Waals surface area contributed by atoms with Gasteiger partial charge in [0.05, 0.1) is 36.6 Å². The van der Waals surface area contributed by atoms with Crippen molar-refractivity contribution in [1.29, 1.82) is 0 Å². The number of hydrogen-bond acceptors (Lipinski definition) is 5. The van der Waals surface area contributed by atoms with E-state index in [0.717, 1.165) is 6.42 Å². The van der Waals surface area contributed by atoms with Crippen molar-refractivity contribution in [2.45, 2.75) is 32.6 Å². The molecule has 1 heterocycles. The normalized spacial score (nSPS) is 18.1. The van der Waals surface area contributed by atoms with E-state index in [1.54, 1.807) is 12.1 Å². The van der Waals surface area contributed by atoms with Gasteiger partial charge in [-0.3, -0.25) is 4.79 Å². The van der Waals surface area contributed by atoms with Gasteiger partial charge in [0.25, 0.3) is 0 Å². The Balaban J connectivity index is 2.12. The molecule has 27 heavy (non-hydrogen) atoms. The van der Waals surface area contributed by atoms with E-state index in [4.69, 9.17) is 21.1 Å². The first-order valence-electron chi connectivity index (χ1n) is 9.02. The van der Waals surface area contributed by atoms with Crippen molar-refractivity contribution in [2.24, 2.45) is 5.92 Å². The number of halogens is 1. The third-order valence-corrected chi connectivity index (χ3v) is 6.85. The van der Waals surface area contributed by atoms with Crippen LogP contribution in [0.15, 0.2) is 12.1 Å². The smallest absolute Gasteiger partial charge is 0.228 e. The van der Waals surface area contributed by atoms with Gasteiger partial charge in [-0.05, 0) is 19.3 Å². The summed E-state index contributed by atoms with van der Waals surface area (Å²) in [6.45, 7) is 2.62. The summed E-state index contributed by atoms with van der Waals surface area (Å²) in [6, 6.07) is 3.16. The van der Waals surface area contributed by atoms with Crippen LogP contribution in [0.5, 0.6) is 11.5 Å². The summed E-state index contributed by atoms with van der Waals surface area (Å²) in [5, 5.41) is 3.20. The summed E-state index contributed by atoms with van der Waals surface area (Å²) in [4.78, 5) is 12.7. The van der Waals surface area contributed by atoms with Gasteiger partial charge in [0.2, 0.25) is 15.9 Å². The molecule has 0 saturated carbocycles. The van der Waals surface area contributed by atoms with Crippen LogP contribution in [0.3, 0.4) is 0 Å². The number of unbranched alkanes of at least 4 members (excludes halogenated alkanes) is 1. The number of anilines is 1. The van der Waals surface area contributed by atoms with Gasteiger partial charge in [0.15, 0.2) is 0 Å². The average Bonchev–Trinajstić information content (AvgIpc) is 2.67. The number of amides is 1. The fraction of sp³-hybridized carbons (Fsp3) is 0.611. The number of nitrogens with zero attached hydrogens (tertiary/aromatic N) is 1. The van der Waals surface area contributed by atoms with Crippen LogP contribution in [0.25, 0.3) is 0 Å². The Kier molecular flexibility index (Phi) is 7.76. The van der Waals surface area contributed by atoms with Crippen LogP contribution in [-0.2, 0) is 14.8 Å². The van der Waals surface area contributed by atoms with E-state index in [1.807, 2.05) is 6.92 Å². The van der Waals surface area contributed by atoms with Crippen LogP contribution in [0.1, 0.15) is 32.6 Å². The van der Waals surface area contributed by atoms with E-state index < -0.39 is 15.9 Å². The molecule has 152 valence electrons. The van der Waals surface area contributed by atoms with Gasteiger partial charge in [-0.2, -0.15) is 0 Å². The molecule has 7 nitrogen and oxygen atoms in total. The lowest BCUT2D eigenvalue weighted by atomic mass is 9.98. The maximum absolute atomic E-state index is 12.7. The number of ether oxygens (including phenoxy) is 2. The minimum Gasteiger partial charge on any atom is -0.495 e. The van der Waals surface area contributed by atoms with Crippen molar-refractivity contribution >= 4 is 33.2 Å². The Morgan fingerprint density at radius 3 is 2.63 bits per heavy atom. The number of methoxy groups -OCH3 is 2. The minimum atomic E-state index is -3.32. The number of piperidine rings is 1. The molecule has 1 saturated heterocycles. The van der Waals surface area contributed by atoms with Crippen molar-refractivity contribution in [3.8, 4) is 11.5 Å². The summed E-state index contributed by atoms with van der Waals surface area (Å²) in [5.41, 5.74) is 0.440. The molecule has 0 radical (unpaired) electrons. The second kappa shape index (κ2) is 9.61. The van der Waals surface area contributed by atoms with E-state index in [-0.39, 0.29) is 18.2 Å². The maximum atomic E-state index is 12.7. The van der Waals surface area contributed by atoms with Crippen molar-refractivity contribution in [3.63, 3.8) is 0 Å². The maximum Gasteiger partial charge on any atom is 0.228 e. The highest BCUT2D eigenvalue weighted by molar-refractivity contribution is 7.89. The third kappa shape index (κ3) is 5.49. The van der Waals surface area contributed by atoms with Gasteiger partial charge in [0, 0.05) is 25.2 Å². The monoisotopic (exact) mass is 418 g/mol. The van der Waals surface area contributed by atoms with Crippen LogP contribution in [0.4, 0.5) is 5.69 Å². The molecule has 1 atom stereocenters. The zero-order valence-corrected chi connectivity index (χ0v) is 17.5. The van der Waals surface area contributed by atoms with Crippen molar-refractivity contribution in [3.05, 3.63) is 17.2 Å². The van der Waals surface area contributed by atoms with E-state index in [0.29, 0.717) is 48.0 Å². The quantitative estimate of drug-likeness (QED) is 0.701. The van der Waals surface area contributed by atoms with Gasteiger partial charge >= 0.3 is 0 Å². The van der Waals surface area contributed by atoms with Crippen LogP contribution in [0.2, 0.25) is 5.02 Å². The van der Waals surface area contributed by atoms with Gasteiger partial charge in [-0.15, -0.1) is 0 Å². The van der Waals surface area contributed by atoms with Gasteiger partial charge in [-0.25, -0.2) is 12.7 Å². The molecule has 0 aliphatic carbocycles. The lowest BCUT2D eigenvalue weighted by Gasteiger charge is -2.31. The summed E-state index contributed by atoms with van der Waals surface area (Å²) in [6.07, 6.45) is 2.73. The van der Waals surface area contributed by atoms with Crippen LogP contribution >= 0.6 is 11.6 Å². The van der Waals surface area contributed by atoms with Crippen molar-refractivity contribution in [2.75, 3.05) is 38.4 Å². The molecule has 1 aromatic carbocycles. The molecule has 1 aliphatic heterocycles. The second-order valence-electron chi connectivity index (χ2n) is 6.54. The van der Waals surface area contributed by atoms with E-state index in [9.17, 15) is 13.2 Å². The Morgan fingerprint density at radius 2 is 2.00 bits per heavy atom.